The summed E-state index contributed by atoms with van der Waals surface area (Å²) in [6.45, 7) is 2.06. The van der Waals surface area contributed by atoms with E-state index in [4.69, 9.17) is 0 Å². The lowest BCUT2D eigenvalue weighted by molar-refractivity contribution is -0.0535. The molecular formula is C9H16F2. The molecule has 0 unspecified atom stereocenters. The molecule has 0 aromatic carbocycles. The lowest BCUT2D eigenvalue weighted by Crippen LogP contribution is -2.25. The van der Waals surface area contributed by atoms with Crippen LogP contribution in [0.4, 0.5) is 8.78 Å². The first-order valence-electron chi connectivity index (χ1n) is 4.52. The normalized spacial score (nSPS) is 30.3. The third-order valence-electron chi connectivity index (χ3n) is 2.44. The summed E-state index contributed by atoms with van der Waals surface area (Å²) in [5, 5.41) is 0. The van der Waals surface area contributed by atoms with Crippen molar-refractivity contribution in [3.63, 3.8) is 0 Å². The SMILES string of the molecule is CCC[C@H]1CCCC(F)(F)C1. The summed E-state index contributed by atoms with van der Waals surface area (Å²) >= 11 is 0. The van der Waals surface area contributed by atoms with Gasteiger partial charge >= 0.3 is 0 Å². The van der Waals surface area contributed by atoms with E-state index in [1.165, 1.54) is 0 Å². The summed E-state index contributed by atoms with van der Waals surface area (Å²) in [6, 6.07) is 0. The molecule has 1 rings (SSSR count). The Balaban J connectivity index is 2.34. The topological polar surface area (TPSA) is 0 Å². The van der Waals surface area contributed by atoms with Gasteiger partial charge in [0, 0.05) is 12.8 Å². The Morgan fingerprint density at radius 2 is 2.18 bits per heavy atom. The van der Waals surface area contributed by atoms with Crippen LogP contribution in [-0.4, -0.2) is 5.92 Å². The van der Waals surface area contributed by atoms with Gasteiger partial charge in [0.25, 0.3) is 0 Å². The van der Waals surface area contributed by atoms with Gasteiger partial charge in [0.15, 0.2) is 0 Å². The number of hydrogen-bond donors (Lipinski definition) is 0. The third kappa shape index (κ3) is 2.76. The lowest BCUT2D eigenvalue weighted by Gasteiger charge is -2.28. The average Bonchev–Trinajstić information content (AvgIpc) is 1.85. The van der Waals surface area contributed by atoms with Crippen LogP contribution in [0.3, 0.4) is 0 Å². The second-order valence-corrected chi connectivity index (χ2v) is 3.61. The summed E-state index contributed by atoms with van der Waals surface area (Å²) in [4.78, 5) is 0. The Labute approximate surface area is 67.0 Å². The van der Waals surface area contributed by atoms with E-state index in [9.17, 15) is 8.78 Å². The van der Waals surface area contributed by atoms with E-state index < -0.39 is 5.92 Å². The van der Waals surface area contributed by atoms with Crippen molar-refractivity contribution < 1.29 is 8.78 Å². The maximum atomic E-state index is 12.8. The van der Waals surface area contributed by atoms with E-state index in [-0.39, 0.29) is 12.8 Å². The molecule has 0 N–H and O–H groups in total. The molecule has 11 heavy (non-hydrogen) atoms. The fourth-order valence-electron chi connectivity index (χ4n) is 1.93. The van der Waals surface area contributed by atoms with Gasteiger partial charge in [0.1, 0.15) is 0 Å². The van der Waals surface area contributed by atoms with Crippen LogP contribution < -0.4 is 0 Å². The molecule has 1 fully saturated rings. The summed E-state index contributed by atoms with van der Waals surface area (Å²) in [5.74, 6) is -2.05. The van der Waals surface area contributed by atoms with E-state index in [1.54, 1.807) is 0 Å². The maximum Gasteiger partial charge on any atom is 0.248 e. The van der Waals surface area contributed by atoms with Crippen LogP contribution in [0.15, 0.2) is 0 Å². The first kappa shape index (κ1) is 8.95. The first-order valence-corrected chi connectivity index (χ1v) is 4.52. The van der Waals surface area contributed by atoms with Crippen molar-refractivity contribution >= 4 is 0 Å². The smallest absolute Gasteiger partial charge is 0.207 e. The predicted molar refractivity (Wildman–Crippen MR) is 41.8 cm³/mol. The van der Waals surface area contributed by atoms with Crippen LogP contribution in [0.2, 0.25) is 0 Å². The van der Waals surface area contributed by atoms with Gasteiger partial charge in [-0.2, -0.15) is 0 Å². The molecule has 1 aliphatic carbocycles. The quantitative estimate of drug-likeness (QED) is 0.581. The molecule has 66 valence electrons. The highest BCUT2D eigenvalue weighted by Crippen LogP contribution is 2.38. The Kier molecular flexibility index (Phi) is 2.85. The van der Waals surface area contributed by atoms with Gasteiger partial charge < -0.3 is 0 Å². The maximum absolute atomic E-state index is 12.8. The molecule has 2 heteroatoms. The molecule has 0 spiro atoms. The van der Waals surface area contributed by atoms with Gasteiger partial charge in [-0.05, 0) is 12.3 Å². The van der Waals surface area contributed by atoms with Gasteiger partial charge in [0.05, 0.1) is 0 Å². The van der Waals surface area contributed by atoms with Crippen LogP contribution >= 0.6 is 0 Å². The van der Waals surface area contributed by atoms with E-state index in [2.05, 4.69) is 6.92 Å². The monoisotopic (exact) mass is 162 g/mol. The van der Waals surface area contributed by atoms with Crippen LogP contribution in [0.25, 0.3) is 0 Å². The zero-order valence-corrected chi connectivity index (χ0v) is 7.08. The van der Waals surface area contributed by atoms with Gasteiger partial charge in [-0.1, -0.05) is 26.2 Å². The molecule has 0 saturated heterocycles. The first-order chi connectivity index (χ1) is 5.14. The Morgan fingerprint density at radius 1 is 1.45 bits per heavy atom. The molecule has 0 aliphatic heterocycles. The van der Waals surface area contributed by atoms with E-state index >= 15 is 0 Å². The summed E-state index contributed by atoms with van der Waals surface area (Å²) < 4.78 is 25.6. The van der Waals surface area contributed by atoms with Crippen LogP contribution in [-0.2, 0) is 0 Å². The fourth-order valence-corrected chi connectivity index (χ4v) is 1.93. The average molecular weight is 162 g/mol. The minimum absolute atomic E-state index is 0.118. The van der Waals surface area contributed by atoms with Crippen molar-refractivity contribution in [2.75, 3.05) is 0 Å². The zero-order valence-electron chi connectivity index (χ0n) is 7.08. The fraction of sp³-hybridized carbons (Fsp3) is 1.00. The molecular weight excluding hydrogens is 146 g/mol. The molecule has 1 atom stereocenters. The molecule has 0 bridgehead atoms. The standard InChI is InChI=1S/C9H16F2/c1-2-4-8-5-3-6-9(10,11)7-8/h8H,2-7H2,1H3/t8-/m0/s1. The molecule has 0 aromatic heterocycles. The highest BCUT2D eigenvalue weighted by Gasteiger charge is 2.35. The number of halogens is 2. The Morgan fingerprint density at radius 3 is 2.73 bits per heavy atom. The summed E-state index contributed by atoms with van der Waals surface area (Å²) in [5.41, 5.74) is 0. The number of alkyl halides is 2. The van der Waals surface area contributed by atoms with Crippen molar-refractivity contribution in [2.24, 2.45) is 5.92 Å². The van der Waals surface area contributed by atoms with Crippen LogP contribution in [0, 0.1) is 5.92 Å². The van der Waals surface area contributed by atoms with Gasteiger partial charge in [-0.3, -0.25) is 0 Å². The molecule has 0 heterocycles. The molecule has 1 saturated carbocycles. The van der Waals surface area contributed by atoms with Crippen molar-refractivity contribution in [3.05, 3.63) is 0 Å². The predicted octanol–water partition coefficient (Wildman–Crippen LogP) is 3.61. The number of hydrogen-bond acceptors (Lipinski definition) is 0. The second-order valence-electron chi connectivity index (χ2n) is 3.61. The zero-order chi connectivity index (χ0) is 8.32. The van der Waals surface area contributed by atoms with Crippen molar-refractivity contribution in [1.29, 1.82) is 0 Å². The second kappa shape index (κ2) is 3.51. The Bertz CT molecular complexity index is 119. The minimum atomic E-state index is -2.35. The summed E-state index contributed by atoms with van der Waals surface area (Å²) in [6.07, 6.45) is 4.02. The molecule has 0 amide bonds. The lowest BCUT2D eigenvalue weighted by atomic mass is 9.84. The van der Waals surface area contributed by atoms with Crippen LogP contribution in [0.5, 0.6) is 0 Å². The molecule has 0 aromatic rings. The third-order valence-corrected chi connectivity index (χ3v) is 2.44. The molecule has 0 nitrogen and oxygen atoms in total. The van der Waals surface area contributed by atoms with Crippen molar-refractivity contribution in [3.8, 4) is 0 Å². The van der Waals surface area contributed by atoms with E-state index in [0.29, 0.717) is 5.92 Å². The highest BCUT2D eigenvalue weighted by atomic mass is 19.3. The molecule has 0 radical (unpaired) electrons. The highest BCUT2D eigenvalue weighted by molar-refractivity contribution is 4.77. The van der Waals surface area contributed by atoms with E-state index in [0.717, 1.165) is 25.7 Å². The van der Waals surface area contributed by atoms with Crippen LogP contribution in [0.1, 0.15) is 45.4 Å². The molecule has 1 aliphatic rings. The Hall–Kier alpha value is -0.140. The largest absolute Gasteiger partial charge is 0.248 e. The van der Waals surface area contributed by atoms with E-state index in [1.807, 2.05) is 0 Å². The summed E-state index contributed by atoms with van der Waals surface area (Å²) in [7, 11) is 0. The van der Waals surface area contributed by atoms with Crippen molar-refractivity contribution in [1.82, 2.24) is 0 Å². The number of rotatable bonds is 2. The van der Waals surface area contributed by atoms with Gasteiger partial charge in [-0.25, -0.2) is 8.78 Å². The van der Waals surface area contributed by atoms with Crippen molar-refractivity contribution in [2.45, 2.75) is 51.4 Å². The minimum Gasteiger partial charge on any atom is -0.207 e. The van der Waals surface area contributed by atoms with Gasteiger partial charge in [-0.15, -0.1) is 0 Å². The van der Waals surface area contributed by atoms with Gasteiger partial charge in [0.2, 0.25) is 5.92 Å².